The van der Waals surface area contributed by atoms with E-state index >= 15 is 0 Å². The Labute approximate surface area is 160 Å². The summed E-state index contributed by atoms with van der Waals surface area (Å²) in [5, 5.41) is 4.41. The summed E-state index contributed by atoms with van der Waals surface area (Å²) in [4.78, 5) is 14.3. The van der Waals surface area contributed by atoms with Crippen molar-refractivity contribution in [1.29, 1.82) is 0 Å². The molecule has 3 aromatic rings. The Hall–Kier alpha value is -2.30. The second-order valence-corrected chi connectivity index (χ2v) is 6.46. The standard InChI is InChI=1S/C21H23N3O.ClH/c1-2-16-7-9-17(10-8-16)24-20-6-4-3-5-18(20)19(15-25)21(24)23-13-11-22-12-14-23;/h3-10,15,22H,2,11-14H2,1H3;1H. The molecule has 1 N–H and O–H groups in total. The number of benzene rings is 2. The molecule has 0 unspecified atom stereocenters. The lowest BCUT2D eigenvalue weighted by Gasteiger charge is -2.31. The number of para-hydroxylation sites is 1. The van der Waals surface area contributed by atoms with Gasteiger partial charge in [0.05, 0.1) is 11.1 Å². The number of rotatable bonds is 4. The molecule has 0 radical (unpaired) electrons. The molecule has 2 aromatic carbocycles. The quantitative estimate of drug-likeness (QED) is 0.710. The number of halogens is 1. The third-order valence-corrected chi connectivity index (χ3v) is 5.02. The normalized spacial score (nSPS) is 14.3. The molecule has 4 nitrogen and oxygen atoms in total. The molecule has 0 spiro atoms. The second-order valence-electron chi connectivity index (χ2n) is 6.46. The van der Waals surface area contributed by atoms with E-state index in [1.54, 1.807) is 0 Å². The molecule has 0 bridgehead atoms. The first-order valence-electron chi connectivity index (χ1n) is 8.97. The van der Waals surface area contributed by atoms with Crippen molar-refractivity contribution in [1.82, 2.24) is 9.88 Å². The van der Waals surface area contributed by atoms with E-state index in [0.717, 1.165) is 66.9 Å². The van der Waals surface area contributed by atoms with Crippen LogP contribution in [0.25, 0.3) is 16.6 Å². The summed E-state index contributed by atoms with van der Waals surface area (Å²) in [7, 11) is 0. The van der Waals surface area contributed by atoms with E-state index in [0.29, 0.717) is 0 Å². The maximum atomic E-state index is 12.0. The molecule has 0 atom stereocenters. The number of hydrogen-bond donors (Lipinski definition) is 1. The van der Waals surface area contributed by atoms with Gasteiger partial charge in [0, 0.05) is 37.3 Å². The molecule has 1 aliphatic rings. The van der Waals surface area contributed by atoms with Crippen LogP contribution in [0.5, 0.6) is 0 Å². The average Bonchev–Trinajstić information content (AvgIpc) is 3.03. The van der Waals surface area contributed by atoms with Crippen molar-refractivity contribution in [2.24, 2.45) is 0 Å². The Morgan fingerprint density at radius 3 is 2.38 bits per heavy atom. The Morgan fingerprint density at radius 1 is 1.04 bits per heavy atom. The van der Waals surface area contributed by atoms with Crippen LogP contribution in [0.1, 0.15) is 22.8 Å². The zero-order chi connectivity index (χ0) is 17.2. The molecule has 4 rings (SSSR count). The molecule has 2 heterocycles. The van der Waals surface area contributed by atoms with Crippen molar-refractivity contribution in [2.45, 2.75) is 13.3 Å². The van der Waals surface area contributed by atoms with Crippen molar-refractivity contribution in [3.05, 3.63) is 59.7 Å². The van der Waals surface area contributed by atoms with Crippen LogP contribution < -0.4 is 10.2 Å². The van der Waals surface area contributed by atoms with Crippen LogP contribution >= 0.6 is 12.4 Å². The summed E-state index contributed by atoms with van der Waals surface area (Å²) in [6, 6.07) is 16.8. The van der Waals surface area contributed by atoms with Crippen LogP contribution in [0.4, 0.5) is 5.82 Å². The summed E-state index contributed by atoms with van der Waals surface area (Å²) in [6.07, 6.45) is 2.04. The van der Waals surface area contributed by atoms with Crippen molar-refractivity contribution in [3.8, 4) is 5.69 Å². The minimum Gasteiger partial charge on any atom is -0.355 e. The van der Waals surface area contributed by atoms with Crippen LogP contribution in [-0.2, 0) is 6.42 Å². The first kappa shape index (κ1) is 18.5. The average molecular weight is 370 g/mol. The highest BCUT2D eigenvalue weighted by Crippen LogP contribution is 2.35. The molecule has 1 aliphatic heterocycles. The number of hydrogen-bond acceptors (Lipinski definition) is 3. The van der Waals surface area contributed by atoms with Gasteiger partial charge >= 0.3 is 0 Å². The molecule has 5 heteroatoms. The molecular formula is C21H24ClN3O. The fraction of sp³-hybridized carbons (Fsp3) is 0.286. The SMILES string of the molecule is CCc1ccc(-n2c(N3CCNCC3)c(C=O)c3ccccc32)cc1.Cl. The van der Waals surface area contributed by atoms with Crippen LogP contribution in [0.15, 0.2) is 48.5 Å². The van der Waals surface area contributed by atoms with Gasteiger partial charge in [-0.25, -0.2) is 0 Å². The van der Waals surface area contributed by atoms with Gasteiger partial charge < -0.3 is 10.2 Å². The number of fused-ring (bicyclic) bond motifs is 1. The van der Waals surface area contributed by atoms with Gasteiger partial charge in [0.1, 0.15) is 5.82 Å². The largest absolute Gasteiger partial charge is 0.355 e. The molecule has 136 valence electrons. The fourth-order valence-corrected chi connectivity index (χ4v) is 3.70. The van der Waals surface area contributed by atoms with Crippen molar-refractivity contribution < 1.29 is 4.79 Å². The summed E-state index contributed by atoms with van der Waals surface area (Å²) in [6.45, 7) is 5.86. The molecule has 26 heavy (non-hydrogen) atoms. The molecule has 1 aromatic heterocycles. The van der Waals surface area contributed by atoms with Gasteiger partial charge in [-0.1, -0.05) is 37.3 Å². The lowest BCUT2D eigenvalue weighted by Crippen LogP contribution is -2.44. The van der Waals surface area contributed by atoms with Crippen LogP contribution in [0.3, 0.4) is 0 Å². The van der Waals surface area contributed by atoms with Gasteiger partial charge in [-0.3, -0.25) is 9.36 Å². The van der Waals surface area contributed by atoms with Gasteiger partial charge in [0.15, 0.2) is 6.29 Å². The number of nitrogens with one attached hydrogen (secondary N) is 1. The van der Waals surface area contributed by atoms with E-state index in [-0.39, 0.29) is 12.4 Å². The molecule has 1 saturated heterocycles. The minimum atomic E-state index is 0. The predicted molar refractivity (Wildman–Crippen MR) is 110 cm³/mol. The van der Waals surface area contributed by atoms with E-state index in [1.807, 2.05) is 18.2 Å². The van der Waals surface area contributed by atoms with Gasteiger partial charge in [-0.05, 0) is 30.2 Å². The summed E-state index contributed by atoms with van der Waals surface area (Å²) in [5.74, 6) is 1.02. The number of piperazine rings is 1. The van der Waals surface area contributed by atoms with E-state index in [9.17, 15) is 4.79 Å². The van der Waals surface area contributed by atoms with E-state index < -0.39 is 0 Å². The van der Waals surface area contributed by atoms with Gasteiger partial charge in [-0.2, -0.15) is 0 Å². The third kappa shape index (κ3) is 3.11. The third-order valence-electron chi connectivity index (χ3n) is 5.02. The smallest absolute Gasteiger partial charge is 0.154 e. The van der Waals surface area contributed by atoms with Gasteiger partial charge in [-0.15, -0.1) is 12.4 Å². The lowest BCUT2D eigenvalue weighted by atomic mass is 10.1. The molecule has 0 aliphatic carbocycles. The van der Waals surface area contributed by atoms with E-state index in [1.165, 1.54) is 5.56 Å². The maximum absolute atomic E-state index is 12.0. The number of aromatic nitrogens is 1. The fourth-order valence-electron chi connectivity index (χ4n) is 3.70. The van der Waals surface area contributed by atoms with E-state index in [4.69, 9.17) is 0 Å². The number of aldehydes is 1. The first-order valence-corrected chi connectivity index (χ1v) is 8.97. The Morgan fingerprint density at radius 2 is 1.73 bits per heavy atom. The Balaban J connectivity index is 0.00000196. The van der Waals surface area contributed by atoms with E-state index in [2.05, 4.69) is 52.0 Å². The van der Waals surface area contributed by atoms with Crippen molar-refractivity contribution in [2.75, 3.05) is 31.1 Å². The second kappa shape index (κ2) is 7.94. The van der Waals surface area contributed by atoms with Crippen LogP contribution in [0, 0.1) is 0 Å². The maximum Gasteiger partial charge on any atom is 0.154 e. The van der Waals surface area contributed by atoms with Crippen molar-refractivity contribution in [3.63, 3.8) is 0 Å². The topological polar surface area (TPSA) is 37.3 Å². The number of aryl methyl sites for hydroxylation is 1. The number of carbonyl (C=O) groups is 1. The Kier molecular flexibility index (Phi) is 5.64. The number of nitrogens with zero attached hydrogens (tertiary/aromatic N) is 2. The zero-order valence-electron chi connectivity index (χ0n) is 14.9. The van der Waals surface area contributed by atoms with Gasteiger partial charge in [0.25, 0.3) is 0 Å². The van der Waals surface area contributed by atoms with Crippen LogP contribution in [0.2, 0.25) is 0 Å². The van der Waals surface area contributed by atoms with Crippen molar-refractivity contribution >= 4 is 35.4 Å². The monoisotopic (exact) mass is 369 g/mol. The van der Waals surface area contributed by atoms with Gasteiger partial charge in [0.2, 0.25) is 0 Å². The number of anilines is 1. The molecule has 0 saturated carbocycles. The predicted octanol–water partition coefficient (Wildman–Crippen LogP) is 3.84. The van der Waals surface area contributed by atoms with Crippen LogP contribution in [-0.4, -0.2) is 37.0 Å². The highest BCUT2D eigenvalue weighted by molar-refractivity contribution is 6.05. The summed E-state index contributed by atoms with van der Waals surface area (Å²) < 4.78 is 2.24. The highest BCUT2D eigenvalue weighted by Gasteiger charge is 2.23. The zero-order valence-corrected chi connectivity index (χ0v) is 15.8. The number of carbonyl (C=O) groups excluding carboxylic acids is 1. The first-order chi connectivity index (χ1) is 12.3. The Bertz CT molecular complexity index is 896. The molecule has 0 amide bonds. The molecular weight excluding hydrogens is 346 g/mol. The summed E-state index contributed by atoms with van der Waals surface area (Å²) in [5.41, 5.74) is 4.30. The minimum absolute atomic E-state index is 0. The highest BCUT2D eigenvalue weighted by atomic mass is 35.5. The lowest BCUT2D eigenvalue weighted by molar-refractivity contribution is 0.112. The summed E-state index contributed by atoms with van der Waals surface area (Å²) >= 11 is 0. The molecule has 1 fully saturated rings.